The van der Waals surface area contributed by atoms with Crippen molar-refractivity contribution in [2.24, 2.45) is 5.73 Å². The van der Waals surface area contributed by atoms with E-state index in [1.54, 1.807) is 0 Å². The molecule has 1 unspecified atom stereocenters. The molecule has 0 bridgehead atoms. The number of likely N-dealkylation sites (tertiary alicyclic amines) is 1. The van der Waals surface area contributed by atoms with Crippen molar-refractivity contribution in [3.05, 3.63) is 28.7 Å². The van der Waals surface area contributed by atoms with Crippen LogP contribution in [0.25, 0.3) is 0 Å². The third-order valence-electron chi connectivity index (χ3n) is 3.11. The molecule has 5 heteroatoms. The molecule has 1 aliphatic heterocycles. The number of rotatable bonds is 4. The molecule has 1 aliphatic rings. The maximum atomic E-state index is 11.9. The van der Waals surface area contributed by atoms with Crippen LogP contribution >= 0.6 is 27.7 Å². The summed E-state index contributed by atoms with van der Waals surface area (Å²) >= 11 is 5.29. The highest BCUT2D eigenvalue weighted by Gasteiger charge is 2.26. The lowest BCUT2D eigenvalue weighted by Gasteiger charge is -2.17. The molecule has 0 spiro atoms. The second-order valence-electron chi connectivity index (χ2n) is 5.00. The van der Waals surface area contributed by atoms with Crippen molar-refractivity contribution in [1.82, 2.24) is 4.90 Å². The largest absolute Gasteiger partial charge is 0.341 e. The van der Waals surface area contributed by atoms with Crippen molar-refractivity contribution in [3.63, 3.8) is 0 Å². The van der Waals surface area contributed by atoms with Crippen LogP contribution in [-0.2, 0) is 4.79 Å². The molecular formula is C14H19BrN2OS. The van der Waals surface area contributed by atoms with Gasteiger partial charge in [0.15, 0.2) is 0 Å². The van der Waals surface area contributed by atoms with Crippen LogP contribution < -0.4 is 5.73 Å². The number of amides is 1. The van der Waals surface area contributed by atoms with Crippen molar-refractivity contribution in [1.29, 1.82) is 0 Å². The van der Waals surface area contributed by atoms with E-state index in [2.05, 4.69) is 40.2 Å². The topological polar surface area (TPSA) is 46.3 Å². The molecule has 1 aromatic carbocycles. The Balaban J connectivity index is 1.85. The van der Waals surface area contributed by atoms with Crippen molar-refractivity contribution in [3.8, 4) is 0 Å². The van der Waals surface area contributed by atoms with Crippen LogP contribution in [0.4, 0.5) is 0 Å². The smallest absolute Gasteiger partial charge is 0.224 e. The molecule has 0 radical (unpaired) electrons. The number of nitrogens with zero attached hydrogens (tertiary/aromatic N) is 1. The van der Waals surface area contributed by atoms with Crippen LogP contribution in [0.1, 0.15) is 19.8 Å². The Morgan fingerprint density at radius 2 is 2.21 bits per heavy atom. The molecule has 19 heavy (non-hydrogen) atoms. The minimum absolute atomic E-state index is 0.0503. The van der Waals surface area contributed by atoms with Gasteiger partial charge in [0, 0.05) is 40.2 Å². The third-order valence-corrected chi connectivity index (χ3v) is 4.90. The lowest BCUT2D eigenvalue weighted by Crippen LogP contribution is -2.33. The van der Waals surface area contributed by atoms with Crippen LogP contribution in [-0.4, -0.2) is 35.2 Å². The maximum absolute atomic E-state index is 11.9. The molecule has 1 aromatic rings. The van der Waals surface area contributed by atoms with Gasteiger partial charge in [0.05, 0.1) is 0 Å². The Morgan fingerprint density at radius 3 is 2.84 bits per heavy atom. The van der Waals surface area contributed by atoms with Gasteiger partial charge in [-0.1, -0.05) is 15.9 Å². The normalized spacial score (nSPS) is 20.6. The predicted octanol–water partition coefficient (Wildman–Crippen LogP) is 2.88. The standard InChI is InChI=1S/C14H19BrN2OS/c1-10(16)8-14(18)17-7-6-13(9-17)19-12-4-2-11(15)3-5-12/h2-5,10,13H,6-9,16H2,1H3/t10-,13?/m1/s1. The van der Waals surface area contributed by atoms with Crippen LogP contribution in [0.3, 0.4) is 0 Å². The first-order valence-corrected chi connectivity index (χ1v) is 8.17. The first-order chi connectivity index (χ1) is 9.04. The van der Waals surface area contributed by atoms with Crippen molar-refractivity contribution >= 4 is 33.6 Å². The molecule has 1 fully saturated rings. The molecule has 104 valence electrons. The molecule has 1 heterocycles. The number of carbonyl (C=O) groups is 1. The summed E-state index contributed by atoms with van der Waals surface area (Å²) in [6, 6.07) is 8.28. The molecule has 1 amide bonds. The quantitative estimate of drug-likeness (QED) is 0.914. The van der Waals surface area contributed by atoms with Gasteiger partial charge in [0.1, 0.15) is 0 Å². The van der Waals surface area contributed by atoms with E-state index in [9.17, 15) is 4.79 Å². The molecule has 0 aromatic heterocycles. The Morgan fingerprint density at radius 1 is 1.53 bits per heavy atom. The molecule has 2 atom stereocenters. The number of hydrogen-bond donors (Lipinski definition) is 1. The monoisotopic (exact) mass is 342 g/mol. The van der Waals surface area contributed by atoms with E-state index in [1.165, 1.54) is 4.90 Å². The number of halogens is 1. The highest BCUT2D eigenvalue weighted by molar-refractivity contribution is 9.10. The molecule has 1 saturated heterocycles. The molecule has 2 N–H and O–H groups in total. The fourth-order valence-corrected chi connectivity index (χ4v) is 3.58. The predicted molar refractivity (Wildman–Crippen MR) is 83.3 cm³/mol. The van der Waals surface area contributed by atoms with Crippen LogP contribution in [0.15, 0.2) is 33.6 Å². The minimum Gasteiger partial charge on any atom is -0.341 e. The van der Waals surface area contributed by atoms with Gasteiger partial charge in [-0.15, -0.1) is 11.8 Å². The van der Waals surface area contributed by atoms with Gasteiger partial charge in [-0.25, -0.2) is 0 Å². The van der Waals surface area contributed by atoms with Crippen molar-refractivity contribution < 1.29 is 4.79 Å². The van der Waals surface area contributed by atoms with Crippen LogP contribution in [0.2, 0.25) is 0 Å². The zero-order chi connectivity index (χ0) is 13.8. The molecule has 0 aliphatic carbocycles. The zero-order valence-corrected chi connectivity index (χ0v) is 13.4. The molecule has 3 nitrogen and oxygen atoms in total. The first-order valence-electron chi connectivity index (χ1n) is 6.50. The number of thioether (sulfide) groups is 1. The van der Waals surface area contributed by atoms with Gasteiger partial charge >= 0.3 is 0 Å². The summed E-state index contributed by atoms with van der Waals surface area (Å²) in [7, 11) is 0. The zero-order valence-electron chi connectivity index (χ0n) is 11.0. The van der Waals surface area contributed by atoms with Gasteiger partial charge in [0.25, 0.3) is 0 Å². The summed E-state index contributed by atoms with van der Waals surface area (Å²) in [5, 5.41) is 0.498. The fourth-order valence-electron chi connectivity index (χ4n) is 2.16. The first kappa shape index (κ1) is 14.9. The van der Waals surface area contributed by atoms with E-state index in [0.717, 1.165) is 24.0 Å². The minimum atomic E-state index is -0.0503. The highest BCUT2D eigenvalue weighted by atomic mass is 79.9. The Bertz CT molecular complexity index is 436. The van der Waals surface area contributed by atoms with Gasteiger partial charge in [0.2, 0.25) is 5.91 Å². The van der Waals surface area contributed by atoms with E-state index in [-0.39, 0.29) is 11.9 Å². The van der Waals surface area contributed by atoms with E-state index in [0.29, 0.717) is 11.7 Å². The summed E-state index contributed by atoms with van der Waals surface area (Å²) in [5.74, 6) is 0.189. The van der Waals surface area contributed by atoms with E-state index in [4.69, 9.17) is 5.73 Å². The van der Waals surface area contributed by atoms with Crippen LogP contribution in [0, 0.1) is 0 Å². The van der Waals surface area contributed by atoms with E-state index >= 15 is 0 Å². The Labute approximate surface area is 127 Å². The second kappa shape index (κ2) is 6.77. The van der Waals surface area contributed by atoms with Gasteiger partial charge in [-0.2, -0.15) is 0 Å². The molecular weight excluding hydrogens is 324 g/mol. The summed E-state index contributed by atoms with van der Waals surface area (Å²) in [4.78, 5) is 15.1. The highest BCUT2D eigenvalue weighted by Crippen LogP contribution is 2.30. The summed E-state index contributed by atoms with van der Waals surface area (Å²) in [6.45, 7) is 3.58. The number of carbonyl (C=O) groups excluding carboxylic acids is 1. The molecule has 0 saturated carbocycles. The van der Waals surface area contributed by atoms with Gasteiger partial charge < -0.3 is 10.6 Å². The third kappa shape index (κ3) is 4.51. The maximum Gasteiger partial charge on any atom is 0.224 e. The lowest BCUT2D eigenvalue weighted by molar-refractivity contribution is -0.130. The van der Waals surface area contributed by atoms with Crippen molar-refractivity contribution in [2.45, 2.75) is 36.0 Å². The van der Waals surface area contributed by atoms with Gasteiger partial charge in [-0.05, 0) is 37.6 Å². The summed E-state index contributed by atoms with van der Waals surface area (Å²) in [6.07, 6.45) is 1.51. The number of benzene rings is 1. The average Bonchev–Trinajstić information content (AvgIpc) is 2.80. The number of nitrogens with two attached hydrogens (primary N) is 1. The van der Waals surface area contributed by atoms with Gasteiger partial charge in [-0.3, -0.25) is 4.79 Å². The average molecular weight is 343 g/mol. The van der Waals surface area contributed by atoms with E-state index < -0.39 is 0 Å². The van der Waals surface area contributed by atoms with Crippen LogP contribution in [0.5, 0.6) is 0 Å². The summed E-state index contributed by atoms with van der Waals surface area (Å²) < 4.78 is 1.09. The summed E-state index contributed by atoms with van der Waals surface area (Å²) in [5.41, 5.74) is 5.68. The fraction of sp³-hybridized carbons (Fsp3) is 0.500. The SMILES string of the molecule is C[C@@H](N)CC(=O)N1CCC(Sc2ccc(Br)cc2)C1. The number of hydrogen-bond acceptors (Lipinski definition) is 3. The Kier molecular flexibility index (Phi) is 5.30. The lowest BCUT2D eigenvalue weighted by atomic mass is 10.2. The molecule has 2 rings (SSSR count). The second-order valence-corrected chi connectivity index (χ2v) is 7.29. The van der Waals surface area contributed by atoms with Crippen molar-refractivity contribution in [2.75, 3.05) is 13.1 Å². The van der Waals surface area contributed by atoms with E-state index in [1.807, 2.05) is 23.6 Å². The Hall–Kier alpha value is -0.520.